The summed E-state index contributed by atoms with van der Waals surface area (Å²) >= 11 is 3.12. The van der Waals surface area contributed by atoms with E-state index in [0.29, 0.717) is 6.04 Å². The number of hydrogen-bond donors (Lipinski definition) is 2. The molecule has 0 radical (unpaired) electrons. The molecule has 0 atom stereocenters. The highest BCUT2D eigenvalue weighted by Gasteiger charge is 2.21. The quantitative estimate of drug-likeness (QED) is 0.815. The molecule has 0 saturated carbocycles. The Labute approximate surface area is 103 Å². The second-order valence-electron chi connectivity index (χ2n) is 3.15. The average molecular weight is 265 g/mol. The topological polar surface area (TPSA) is 41.1 Å². The number of halogens is 1. The number of thiophene rings is 1. The summed E-state index contributed by atoms with van der Waals surface area (Å²) in [5.74, 6) is 0.0656. The normalized spacial score (nSPS) is 15.3. The summed E-state index contributed by atoms with van der Waals surface area (Å²) in [6.07, 6.45) is 1.99. The number of rotatable bonds is 3. The van der Waals surface area contributed by atoms with Gasteiger partial charge in [-0.25, -0.2) is 0 Å². The van der Waals surface area contributed by atoms with Crippen LogP contribution in [-0.4, -0.2) is 31.3 Å². The predicted molar refractivity (Wildman–Crippen MR) is 67.5 cm³/mol. The molecule has 3 nitrogen and oxygen atoms in total. The molecule has 1 fully saturated rings. The van der Waals surface area contributed by atoms with Crippen molar-refractivity contribution in [3.63, 3.8) is 0 Å². The van der Waals surface area contributed by atoms with E-state index in [1.54, 1.807) is 11.8 Å². The molecule has 1 aliphatic rings. The van der Waals surface area contributed by atoms with E-state index in [-0.39, 0.29) is 18.3 Å². The molecule has 0 aromatic carbocycles. The van der Waals surface area contributed by atoms with Crippen molar-refractivity contribution in [3.05, 3.63) is 16.3 Å². The Hall–Kier alpha value is -0.230. The smallest absolute Gasteiger partial charge is 0.262 e. The summed E-state index contributed by atoms with van der Waals surface area (Å²) < 4.78 is 0. The van der Waals surface area contributed by atoms with Crippen molar-refractivity contribution in [2.24, 2.45) is 0 Å². The summed E-state index contributed by atoms with van der Waals surface area (Å²) in [6, 6.07) is 2.31. The summed E-state index contributed by atoms with van der Waals surface area (Å²) in [5, 5.41) is 8.07. The van der Waals surface area contributed by atoms with Crippen LogP contribution in [0.15, 0.2) is 16.3 Å². The SMILES string of the molecule is CSc1ccsc1C(=O)NC1CNC1.Cl. The van der Waals surface area contributed by atoms with E-state index in [2.05, 4.69) is 10.6 Å². The van der Waals surface area contributed by atoms with Gasteiger partial charge in [-0.15, -0.1) is 35.5 Å². The van der Waals surface area contributed by atoms with Crippen LogP contribution in [0.1, 0.15) is 9.67 Å². The van der Waals surface area contributed by atoms with Crippen LogP contribution in [0.3, 0.4) is 0 Å². The van der Waals surface area contributed by atoms with E-state index in [9.17, 15) is 4.79 Å². The van der Waals surface area contributed by atoms with Gasteiger partial charge < -0.3 is 10.6 Å². The number of carbonyl (C=O) groups excluding carboxylic acids is 1. The highest BCUT2D eigenvalue weighted by Crippen LogP contribution is 2.25. The zero-order chi connectivity index (χ0) is 9.97. The molecule has 6 heteroatoms. The van der Waals surface area contributed by atoms with Crippen LogP contribution < -0.4 is 10.6 Å². The molecular formula is C9H13ClN2OS2. The molecule has 1 aliphatic heterocycles. The third-order valence-electron chi connectivity index (χ3n) is 2.17. The molecule has 0 unspecified atom stereocenters. The van der Waals surface area contributed by atoms with Crippen LogP contribution in [0.4, 0.5) is 0 Å². The molecule has 1 amide bonds. The summed E-state index contributed by atoms with van der Waals surface area (Å²) in [7, 11) is 0. The zero-order valence-electron chi connectivity index (χ0n) is 8.28. The Morgan fingerprint density at radius 3 is 2.93 bits per heavy atom. The Kier molecular flexibility index (Phi) is 4.92. The fourth-order valence-corrected chi connectivity index (χ4v) is 2.92. The maximum Gasteiger partial charge on any atom is 0.262 e. The van der Waals surface area contributed by atoms with Gasteiger partial charge in [-0.3, -0.25) is 4.79 Å². The van der Waals surface area contributed by atoms with E-state index in [4.69, 9.17) is 0 Å². The van der Waals surface area contributed by atoms with Gasteiger partial charge in [-0.2, -0.15) is 0 Å². The van der Waals surface area contributed by atoms with Gasteiger partial charge in [0.05, 0.1) is 6.04 Å². The molecule has 1 saturated heterocycles. The molecule has 0 aliphatic carbocycles. The molecular weight excluding hydrogens is 252 g/mol. The average Bonchev–Trinajstić information content (AvgIpc) is 2.58. The number of hydrogen-bond acceptors (Lipinski definition) is 4. The first-order chi connectivity index (χ1) is 6.81. The number of nitrogens with one attached hydrogen (secondary N) is 2. The first-order valence-electron chi connectivity index (χ1n) is 4.44. The van der Waals surface area contributed by atoms with Crippen LogP contribution in [0.5, 0.6) is 0 Å². The van der Waals surface area contributed by atoms with E-state index in [0.717, 1.165) is 22.9 Å². The monoisotopic (exact) mass is 264 g/mol. The fourth-order valence-electron chi connectivity index (χ4n) is 1.27. The summed E-state index contributed by atoms with van der Waals surface area (Å²) in [5.41, 5.74) is 0. The van der Waals surface area contributed by atoms with Gasteiger partial charge in [0, 0.05) is 18.0 Å². The molecule has 2 rings (SSSR count). The second-order valence-corrected chi connectivity index (χ2v) is 4.91. The van der Waals surface area contributed by atoms with Gasteiger partial charge in [0.1, 0.15) is 4.88 Å². The van der Waals surface area contributed by atoms with Gasteiger partial charge in [0.2, 0.25) is 0 Å². The lowest BCUT2D eigenvalue weighted by Crippen LogP contribution is -2.56. The largest absolute Gasteiger partial charge is 0.346 e. The Bertz CT molecular complexity index is 339. The molecule has 2 N–H and O–H groups in total. The highest BCUT2D eigenvalue weighted by molar-refractivity contribution is 7.98. The van der Waals surface area contributed by atoms with Crippen molar-refractivity contribution in [1.29, 1.82) is 0 Å². The fraction of sp³-hybridized carbons (Fsp3) is 0.444. The lowest BCUT2D eigenvalue weighted by molar-refractivity contribution is 0.0925. The Morgan fingerprint density at radius 2 is 2.40 bits per heavy atom. The maximum atomic E-state index is 11.7. The van der Waals surface area contributed by atoms with Crippen LogP contribution in [-0.2, 0) is 0 Å². The lowest BCUT2D eigenvalue weighted by Gasteiger charge is -2.27. The minimum Gasteiger partial charge on any atom is -0.346 e. The van der Waals surface area contributed by atoms with E-state index >= 15 is 0 Å². The zero-order valence-corrected chi connectivity index (χ0v) is 10.7. The molecule has 15 heavy (non-hydrogen) atoms. The molecule has 84 valence electrons. The molecule has 0 bridgehead atoms. The van der Waals surface area contributed by atoms with Crippen molar-refractivity contribution in [1.82, 2.24) is 10.6 Å². The first-order valence-corrected chi connectivity index (χ1v) is 6.55. The number of carbonyl (C=O) groups is 1. The molecule has 1 aromatic rings. The molecule has 0 spiro atoms. The maximum absolute atomic E-state index is 11.7. The van der Waals surface area contributed by atoms with Crippen molar-refractivity contribution in [2.75, 3.05) is 19.3 Å². The molecule has 1 aromatic heterocycles. The number of amides is 1. The van der Waals surface area contributed by atoms with E-state index < -0.39 is 0 Å². The van der Waals surface area contributed by atoms with Crippen molar-refractivity contribution < 1.29 is 4.79 Å². The van der Waals surface area contributed by atoms with Crippen LogP contribution >= 0.6 is 35.5 Å². The van der Waals surface area contributed by atoms with E-state index in [1.807, 2.05) is 17.7 Å². The Balaban J connectivity index is 0.00000112. The van der Waals surface area contributed by atoms with Crippen molar-refractivity contribution >= 4 is 41.4 Å². The first kappa shape index (κ1) is 12.8. The number of thioether (sulfide) groups is 1. The Morgan fingerprint density at radius 1 is 1.67 bits per heavy atom. The van der Waals surface area contributed by atoms with Crippen molar-refractivity contribution in [3.8, 4) is 0 Å². The van der Waals surface area contributed by atoms with Crippen LogP contribution in [0.2, 0.25) is 0 Å². The van der Waals surface area contributed by atoms with Gasteiger partial charge in [-0.1, -0.05) is 0 Å². The van der Waals surface area contributed by atoms with Crippen LogP contribution in [0.25, 0.3) is 0 Å². The minimum atomic E-state index is 0. The summed E-state index contributed by atoms with van der Waals surface area (Å²) in [6.45, 7) is 1.79. The summed E-state index contributed by atoms with van der Waals surface area (Å²) in [4.78, 5) is 13.7. The third-order valence-corrected chi connectivity index (χ3v) is 3.99. The standard InChI is InChI=1S/C9H12N2OS2.ClH/c1-13-7-2-3-14-8(7)9(12)11-6-4-10-5-6;/h2-3,6,10H,4-5H2,1H3,(H,11,12);1H. The minimum absolute atomic E-state index is 0. The van der Waals surface area contributed by atoms with Gasteiger partial charge in [-0.05, 0) is 17.7 Å². The van der Waals surface area contributed by atoms with Crippen molar-refractivity contribution in [2.45, 2.75) is 10.9 Å². The van der Waals surface area contributed by atoms with Gasteiger partial charge in [0.25, 0.3) is 5.91 Å². The molecule has 2 heterocycles. The third kappa shape index (κ3) is 2.87. The second kappa shape index (κ2) is 5.75. The van der Waals surface area contributed by atoms with Gasteiger partial charge in [0.15, 0.2) is 0 Å². The van der Waals surface area contributed by atoms with Gasteiger partial charge >= 0.3 is 0 Å². The van der Waals surface area contributed by atoms with E-state index in [1.165, 1.54) is 11.3 Å². The lowest BCUT2D eigenvalue weighted by atomic mass is 10.2. The highest BCUT2D eigenvalue weighted by atomic mass is 35.5. The predicted octanol–water partition coefficient (Wildman–Crippen LogP) is 1.59. The van der Waals surface area contributed by atoms with Crippen LogP contribution in [0, 0.1) is 0 Å².